The van der Waals surface area contributed by atoms with Gasteiger partial charge < -0.3 is 14.2 Å². The van der Waals surface area contributed by atoms with E-state index in [9.17, 15) is 0 Å². The van der Waals surface area contributed by atoms with Crippen molar-refractivity contribution in [2.45, 2.75) is 155 Å². The van der Waals surface area contributed by atoms with Crippen molar-refractivity contribution < 1.29 is 14.2 Å². The normalized spacial score (nSPS) is 13.1. The van der Waals surface area contributed by atoms with Gasteiger partial charge in [-0.25, -0.2) is 0 Å². The van der Waals surface area contributed by atoms with Crippen LogP contribution in [0.1, 0.15) is 149 Å². The van der Waals surface area contributed by atoms with Crippen LogP contribution >= 0.6 is 0 Å². The maximum Gasteiger partial charge on any atom is 0.285 e. The number of hydrogen-bond donors (Lipinski definition) is 0. The molecule has 0 N–H and O–H groups in total. The molecular weight excluding hydrogens is 384 g/mol. The molecule has 0 spiro atoms. The van der Waals surface area contributed by atoms with Crippen molar-refractivity contribution in [1.82, 2.24) is 0 Å². The molecule has 188 valence electrons. The van der Waals surface area contributed by atoms with Crippen LogP contribution in [0.5, 0.6) is 0 Å². The fourth-order valence-corrected chi connectivity index (χ4v) is 4.83. The lowest BCUT2D eigenvalue weighted by molar-refractivity contribution is -0.380. The fourth-order valence-electron chi connectivity index (χ4n) is 4.83. The summed E-state index contributed by atoms with van der Waals surface area (Å²) in [7, 11) is 5.14. The Morgan fingerprint density at radius 3 is 0.935 bits per heavy atom. The van der Waals surface area contributed by atoms with Gasteiger partial charge in [-0.15, -0.1) is 0 Å². The zero-order chi connectivity index (χ0) is 23.0. The number of unbranched alkanes of at least 4 members (excludes halogenated alkanes) is 17. The highest BCUT2D eigenvalue weighted by molar-refractivity contribution is 4.72. The van der Waals surface area contributed by atoms with E-state index in [0.717, 1.165) is 12.8 Å². The second-order valence-electron chi connectivity index (χ2n) is 9.50. The van der Waals surface area contributed by atoms with Crippen LogP contribution in [-0.2, 0) is 14.2 Å². The third kappa shape index (κ3) is 16.2. The molecule has 0 amide bonds. The minimum absolute atomic E-state index is 0.311. The van der Waals surface area contributed by atoms with E-state index in [1.165, 1.54) is 122 Å². The molecule has 0 fully saturated rings. The van der Waals surface area contributed by atoms with Crippen molar-refractivity contribution in [3.05, 3.63) is 0 Å². The van der Waals surface area contributed by atoms with Crippen molar-refractivity contribution in [3.63, 3.8) is 0 Å². The summed E-state index contributed by atoms with van der Waals surface area (Å²) in [5.41, 5.74) is 0. The van der Waals surface area contributed by atoms with E-state index >= 15 is 0 Å². The maximum atomic E-state index is 5.71. The van der Waals surface area contributed by atoms with E-state index in [0.29, 0.717) is 5.92 Å². The number of ether oxygens (including phenoxy) is 3. The van der Waals surface area contributed by atoms with Gasteiger partial charge in [0.1, 0.15) is 0 Å². The minimum atomic E-state index is -0.874. The van der Waals surface area contributed by atoms with Crippen molar-refractivity contribution in [2.24, 2.45) is 5.92 Å². The Morgan fingerprint density at radius 1 is 0.419 bits per heavy atom. The monoisotopic (exact) mass is 442 g/mol. The van der Waals surface area contributed by atoms with Gasteiger partial charge in [0.05, 0.1) is 0 Å². The summed E-state index contributed by atoms with van der Waals surface area (Å²) in [4.78, 5) is 0. The Balaban J connectivity index is 3.95. The lowest BCUT2D eigenvalue weighted by atomic mass is 9.91. The quantitative estimate of drug-likeness (QED) is 0.104. The molecule has 0 aromatic rings. The van der Waals surface area contributed by atoms with Gasteiger partial charge in [-0.2, -0.15) is 0 Å². The number of methoxy groups -OCH3 is 3. The smallest absolute Gasteiger partial charge is 0.285 e. The van der Waals surface area contributed by atoms with Crippen LogP contribution < -0.4 is 0 Å². The first-order valence-corrected chi connectivity index (χ1v) is 13.9. The van der Waals surface area contributed by atoms with Gasteiger partial charge in [-0.05, 0) is 12.8 Å². The molecule has 31 heavy (non-hydrogen) atoms. The molecule has 0 heterocycles. The third-order valence-corrected chi connectivity index (χ3v) is 6.92. The van der Waals surface area contributed by atoms with Gasteiger partial charge in [0, 0.05) is 27.2 Å². The Morgan fingerprint density at radius 2 is 0.677 bits per heavy atom. The standard InChI is InChI=1S/C28H58O3/c1-6-8-10-12-14-15-16-17-18-19-20-22-24-26-27(28(29-3,30-4)31-5)25-23-21-13-11-9-7-2/h27H,6-26H2,1-5H3. The van der Waals surface area contributed by atoms with E-state index in [2.05, 4.69) is 13.8 Å². The van der Waals surface area contributed by atoms with Crippen molar-refractivity contribution in [3.8, 4) is 0 Å². The van der Waals surface area contributed by atoms with Crippen molar-refractivity contribution in [1.29, 1.82) is 0 Å². The average molecular weight is 443 g/mol. The maximum absolute atomic E-state index is 5.71. The van der Waals surface area contributed by atoms with Crippen molar-refractivity contribution in [2.75, 3.05) is 21.3 Å². The summed E-state index contributed by atoms with van der Waals surface area (Å²) < 4.78 is 17.1. The van der Waals surface area contributed by atoms with Gasteiger partial charge in [-0.3, -0.25) is 0 Å². The van der Waals surface area contributed by atoms with Gasteiger partial charge in [-0.1, -0.05) is 136 Å². The molecule has 0 bridgehead atoms. The van der Waals surface area contributed by atoms with E-state index in [1.54, 1.807) is 21.3 Å². The first-order chi connectivity index (χ1) is 15.2. The van der Waals surface area contributed by atoms with Gasteiger partial charge in [0.2, 0.25) is 0 Å². The molecule has 0 aromatic heterocycles. The lowest BCUT2D eigenvalue weighted by Crippen LogP contribution is -2.44. The van der Waals surface area contributed by atoms with Crippen molar-refractivity contribution >= 4 is 0 Å². The molecule has 0 saturated heterocycles. The Labute approximate surface area is 196 Å². The van der Waals surface area contributed by atoms with Crippen LogP contribution in [0.25, 0.3) is 0 Å². The van der Waals surface area contributed by atoms with E-state index < -0.39 is 5.97 Å². The molecule has 1 unspecified atom stereocenters. The Hall–Kier alpha value is -0.120. The SMILES string of the molecule is CCCCCCCCCCCCCCCC(CCCCCCCC)C(OC)(OC)OC. The summed E-state index contributed by atoms with van der Waals surface area (Å²) in [6.45, 7) is 4.56. The molecule has 0 radical (unpaired) electrons. The van der Waals surface area contributed by atoms with E-state index in [-0.39, 0.29) is 0 Å². The predicted molar refractivity (Wildman–Crippen MR) is 136 cm³/mol. The summed E-state index contributed by atoms with van der Waals surface area (Å²) in [6.07, 6.45) is 28.3. The van der Waals surface area contributed by atoms with Gasteiger partial charge in [0.15, 0.2) is 0 Å². The summed E-state index contributed by atoms with van der Waals surface area (Å²) in [6, 6.07) is 0. The van der Waals surface area contributed by atoms with Gasteiger partial charge >= 0.3 is 0 Å². The van der Waals surface area contributed by atoms with E-state index in [1.807, 2.05) is 0 Å². The topological polar surface area (TPSA) is 27.7 Å². The number of rotatable bonds is 25. The molecular formula is C28H58O3. The first kappa shape index (κ1) is 30.9. The van der Waals surface area contributed by atoms with Crippen LogP contribution in [0.2, 0.25) is 0 Å². The van der Waals surface area contributed by atoms with Crippen LogP contribution in [0.3, 0.4) is 0 Å². The molecule has 0 rings (SSSR count). The molecule has 0 aliphatic heterocycles. The summed E-state index contributed by atoms with van der Waals surface area (Å²) >= 11 is 0. The largest absolute Gasteiger partial charge is 0.331 e. The zero-order valence-electron chi connectivity index (χ0n) is 22.2. The highest BCUT2D eigenvalue weighted by atomic mass is 16.9. The van der Waals surface area contributed by atoms with Crippen LogP contribution in [-0.4, -0.2) is 27.3 Å². The second-order valence-corrected chi connectivity index (χ2v) is 9.50. The van der Waals surface area contributed by atoms with Gasteiger partial charge in [0.25, 0.3) is 5.97 Å². The average Bonchev–Trinajstić information content (AvgIpc) is 2.80. The fraction of sp³-hybridized carbons (Fsp3) is 1.00. The second kappa shape index (κ2) is 23.1. The molecule has 3 nitrogen and oxygen atoms in total. The molecule has 0 aromatic carbocycles. The molecule has 0 saturated carbocycles. The molecule has 0 aliphatic rings. The minimum Gasteiger partial charge on any atom is -0.331 e. The molecule has 3 heteroatoms. The van der Waals surface area contributed by atoms with Crippen LogP contribution in [0.15, 0.2) is 0 Å². The predicted octanol–water partition coefficient (Wildman–Crippen LogP) is 9.43. The highest BCUT2D eigenvalue weighted by Crippen LogP contribution is 2.33. The molecule has 0 aliphatic carbocycles. The first-order valence-electron chi connectivity index (χ1n) is 13.9. The Bertz CT molecular complexity index is 333. The summed E-state index contributed by atoms with van der Waals surface area (Å²) in [5, 5.41) is 0. The zero-order valence-corrected chi connectivity index (χ0v) is 22.2. The number of hydrogen-bond acceptors (Lipinski definition) is 3. The summed E-state index contributed by atoms with van der Waals surface area (Å²) in [5.74, 6) is -0.563. The van der Waals surface area contributed by atoms with Crippen LogP contribution in [0, 0.1) is 5.92 Å². The van der Waals surface area contributed by atoms with Crippen LogP contribution in [0.4, 0.5) is 0 Å². The third-order valence-electron chi connectivity index (χ3n) is 6.92. The molecule has 1 atom stereocenters. The van der Waals surface area contributed by atoms with E-state index in [4.69, 9.17) is 14.2 Å². The Kier molecular flexibility index (Phi) is 23.0. The lowest BCUT2D eigenvalue weighted by Gasteiger charge is -2.36. The highest BCUT2D eigenvalue weighted by Gasteiger charge is 2.39.